The summed E-state index contributed by atoms with van der Waals surface area (Å²) in [6, 6.07) is 14.6. The van der Waals surface area contributed by atoms with Gasteiger partial charge in [0.2, 0.25) is 0 Å². The second-order valence-corrected chi connectivity index (χ2v) is 7.03. The Morgan fingerprint density at radius 2 is 1.50 bits per heavy atom. The first kappa shape index (κ1) is 18.0. The van der Waals surface area contributed by atoms with E-state index in [9.17, 15) is 9.59 Å². The summed E-state index contributed by atoms with van der Waals surface area (Å²) in [6.07, 6.45) is 0. The molecule has 2 rings (SSSR count). The molecule has 0 aliphatic rings. The molecule has 0 radical (unpaired) electrons. The van der Waals surface area contributed by atoms with Crippen LogP contribution >= 0.6 is 11.6 Å². The first-order valence-electron chi connectivity index (χ1n) is 7.70. The molecule has 2 aromatic rings. The molecule has 5 heteroatoms. The molecule has 0 fully saturated rings. The van der Waals surface area contributed by atoms with Crippen molar-refractivity contribution in [1.82, 2.24) is 5.32 Å². The van der Waals surface area contributed by atoms with Crippen molar-refractivity contribution in [3.05, 3.63) is 64.7 Å². The fourth-order valence-electron chi connectivity index (χ4n) is 2.11. The number of halogens is 1. The second-order valence-electron chi connectivity index (χ2n) is 6.59. The summed E-state index contributed by atoms with van der Waals surface area (Å²) < 4.78 is 0. The van der Waals surface area contributed by atoms with E-state index < -0.39 is 11.8 Å². The summed E-state index contributed by atoms with van der Waals surface area (Å²) in [4.78, 5) is 23.8. The van der Waals surface area contributed by atoms with Gasteiger partial charge in [-0.15, -0.1) is 0 Å². The van der Waals surface area contributed by atoms with Crippen LogP contribution in [0.4, 0.5) is 5.69 Å². The van der Waals surface area contributed by atoms with Gasteiger partial charge >= 0.3 is 11.8 Å². The standard InChI is InChI=1S/C19H21ClN2O2/c1-19(2,3)14-6-10-16(11-7-14)22-18(24)17(23)21-12-13-4-8-15(20)9-5-13/h4-11H,12H2,1-3H3,(H,21,23)(H,22,24). The van der Waals surface area contributed by atoms with Crippen molar-refractivity contribution in [2.45, 2.75) is 32.7 Å². The highest BCUT2D eigenvalue weighted by atomic mass is 35.5. The molecular weight excluding hydrogens is 324 g/mol. The maximum absolute atomic E-state index is 11.9. The number of benzene rings is 2. The average Bonchev–Trinajstić information content (AvgIpc) is 2.53. The minimum absolute atomic E-state index is 0.0402. The Kier molecular flexibility index (Phi) is 5.62. The van der Waals surface area contributed by atoms with E-state index in [2.05, 4.69) is 31.4 Å². The highest BCUT2D eigenvalue weighted by molar-refractivity contribution is 6.39. The third-order valence-electron chi connectivity index (χ3n) is 3.58. The number of nitrogens with one attached hydrogen (secondary N) is 2. The van der Waals surface area contributed by atoms with Gasteiger partial charge in [-0.2, -0.15) is 0 Å². The Hall–Kier alpha value is -2.33. The lowest BCUT2D eigenvalue weighted by molar-refractivity contribution is -0.136. The molecule has 0 aromatic heterocycles. The maximum Gasteiger partial charge on any atom is 0.313 e. The van der Waals surface area contributed by atoms with E-state index in [1.54, 1.807) is 36.4 Å². The van der Waals surface area contributed by atoms with Crippen LogP contribution in [-0.4, -0.2) is 11.8 Å². The normalized spacial score (nSPS) is 11.0. The van der Waals surface area contributed by atoms with E-state index in [0.717, 1.165) is 11.1 Å². The molecule has 0 aliphatic heterocycles. The second kappa shape index (κ2) is 7.49. The van der Waals surface area contributed by atoms with Gasteiger partial charge in [0.05, 0.1) is 0 Å². The average molecular weight is 345 g/mol. The van der Waals surface area contributed by atoms with Crippen molar-refractivity contribution in [2.24, 2.45) is 0 Å². The number of rotatable bonds is 3. The van der Waals surface area contributed by atoms with Crippen molar-refractivity contribution in [1.29, 1.82) is 0 Å². The summed E-state index contributed by atoms with van der Waals surface area (Å²) in [5.74, 6) is -1.36. The molecule has 0 saturated heterocycles. The Bertz CT molecular complexity index is 717. The SMILES string of the molecule is CC(C)(C)c1ccc(NC(=O)C(=O)NCc2ccc(Cl)cc2)cc1. The van der Waals surface area contributed by atoms with Gasteiger partial charge in [-0.1, -0.05) is 56.6 Å². The number of amides is 2. The quantitative estimate of drug-likeness (QED) is 0.830. The van der Waals surface area contributed by atoms with Crippen LogP contribution in [0.1, 0.15) is 31.9 Å². The molecule has 0 saturated carbocycles. The molecule has 2 amide bonds. The zero-order valence-corrected chi connectivity index (χ0v) is 14.8. The highest BCUT2D eigenvalue weighted by Gasteiger charge is 2.15. The molecule has 24 heavy (non-hydrogen) atoms. The topological polar surface area (TPSA) is 58.2 Å². The fraction of sp³-hybridized carbons (Fsp3) is 0.263. The monoisotopic (exact) mass is 344 g/mol. The third-order valence-corrected chi connectivity index (χ3v) is 3.83. The molecule has 0 spiro atoms. The Labute approximate surface area is 147 Å². The highest BCUT2D eigenvalue weighted by Crippen LogP contribution is 2.23. The van der Waals surface area contributed by atoms with Gasteiger partial charge in [-0.05, 0) is 40.8 Å². The first-order valence-corrected chi connectivity index (χ1v) is 8.08. The number of hydrogen-bond donors (Lipinski definition) is 2. The lowest BCUT2D eigenvalue weighted by Crippen LogP contribution is -2.34. The summed E-state index contributed by atoms with van der Waals surface area (Å²) in [7, 11) is 0. The van der Waals surface area contributed by atoms with Crippen LogP contribution in [0.2, 0.25) is 5.02 Å². The number of anilines is 1. The lowest BCUT2D eigenvalue weighted by Gasteiger charge is -2.19. The van der Waals surface area contributed by atoms with Crippen molar-refractivity contribution in [3.63, 3.8) is 0 Å². The van der Waals surface area contributed by atoms with E-state index in [4.69, 9.17) is 11.6 Å². The van der Waals surface area contributed by atoms with Crippen LogP contribution < -0.4 is 10.6 Å². The van der Waals surface area contributed by atoms with Crippen LogP contribution in [0.5, 0.6) is 0 Å². The van der Waals surface area contributed by atoms with E-state index in [0.29, 0.717) is 10.7 Å². The van der Waals surface area contributed by atoms with Crippen LogP contribution in [0, 0.1) is 0 Å². The molecule has 0 aliphatic carbocycles. The van der Waals surface area contributed by atoms with Crippen molar-refractivity contribution in [3.8, 4) is 0 Å². The van der Waals surface area contributed by atoms with E-state index in [1.807, 2.05) is 12.1 Å². The van der Waals surface area contributed by atoms with Gasteiger partial charge in [0, 0.05) is 17.3 Å². The molecular formula is C19H21ClN2O2. The van der Waals surface area contributed by atoms with Crippen LogP contribution in [0.3, 0.4) is 0 Å². The van der Waals surface area contributed by atoms with Crippen molar-refractivity contribution >= 4 is 29.1 Å². The summed E-state index contributed by atoms with van der Waals surface area (Å²) >= 11 is 5.80. The van der Waals surface area contributed by atoms with Crippen LogP contribution in [0.25, 0.3) is 0 Å². The van der Waals surface area contributed by atoms with Gasteiger partial charge in [0.25, 0.3) is 0 Å². The van der Waals surface area contributed by atoms with Gasteiger partial charge in [-0.25, -0.2) is 0 Å². The van der Waals surface area contributed by atoms with E-state index >= 15 is 0 Å². The van der Waals surface area contributed by atoms with Crippen molar-refractivity contribution in [2.75, 3.05) is 5.32 Å². The number of carbonyl (C=O) groups excluding carboxylic acids is 2. The number of hydrogen-bond acceptors (Lipinski definition) is 2. The molecule has 0 heterocycles. The Balaban J connectivity index is 1.89. The van der Waals surface area contributed by atoms with Gasteiger partial charge in [-0.3, -0.25) is 9.59 Å². The maximum atomic E-state index is 11.9. The Morgan fingerprint density at radius 3 is 2.04 bits per heavy atom. The predicted octanol–water partition coefficient (Wildman–Crippen LogP) is 3.89. The van der Waals surface area contributed by atoms with Crippen LogP contribution in [-0.2, 0) is 21.5 Å². The predicted molar refractivity (Wildman–Crippen MR) is 97.1 cm³/mol. The molecule has 0 unspecified atom stereocenters. The molecule has 126 valence electrons. The third kappa shape index (κ3) is 5.10. The summed E-state index contributed by atoms with van der Waals surface area (Å²) in [5, 5.41) is 5.80. The first-order chi connectivity index (χ1) is 11.3. The molecule has 0 bridgehead atoms. The van der Waals surface area contributed by atoms with Gasteiger partial charge in [0.1, 0.15) is 0 Å². The molecule has 4 nitrogen and oxygen atoms in total. The lowest BCUT2D eigenvalue weighted by atomic mass is 9.87. The fourth-order valence-corrected chi connectivity index (χ4v) is 2.23. The van der Waals surface area contributed by atoms with E-state index in [1.165, 1.54) is 0 Å². The van der Waals surface area contributed by atoms with E-state index in [-0.39, 0.29) is 12.0 Å². The number of carbonyl (C=O) groups is 2. The zero-order valence-electron chi connectivity index (χ0n) is 14.0. The van der Waals surface area contributed by atoms with Crippen molar-refractivity contribution < 1.29 is 9.59 Å². The minimum atomic E-state index is -0.688. The molecule has 2 aromatic carbocycles. The molecule has 2 N–H and O–H groups in total. The van der Waals surface area contributed by atoms with Gasteiger partial charge in [0.15, 0.2) is 0 Å². The zero-order chi connectivity index (χ0) is 17.7. The Morgan fingerprint density at radius 1 is 0.917 bits per heavy atom. The molecule has 0 atom stereocenters. The smallest absolute Gasteiger partial charge is 0.313 e. The summed E-state index contributed by atoms with van der Waals surface area (Å²) in [5.41, 5.74) is 2.66. The largest absolute Gasteiger partial charge is 0.344 e. The van der Waals surface area contributed by atoms with Crippen LogP contribution in [0.15, 0.2) is 48.5 Å². The minimum Gasteiger partial charge on any atom is -0.344 e. The van der Waals surface area contributed by atoms with Gasteiger partial charge < -0.3 is 10.6 Å². The summed E-state index contributed by atoms with van der Waals surface area (Å²) in [6.45, 7) is 6.62.